The normalized spacial score (nSPS) is 18.2. The van der Waals surface area contributed by atoms with E-state index in [1.54, 1.807) is 0 Å². The largest absolute Gasteiger partial charge is 0.508 e. The van der Waals surface area contributed by atoms with Gasteiger partial charge in [0.25, 0.3) is 0 Å². The highest BCUT2D eigenvalue weighted by Crippen LogP contribution is 2.42. The minimum absolute atomic E-state index is 0.0637. The van der Waals surface area contributed by atoms with Gasteiger partial charge in [0.05, 0.1) is 0 Å². The Morgan fingerprint density at radius 2 is 1.26 bits per heavy atom. The van der Waals surface area contributed by atoms with Crippen molar-refractivity contribution in [3.8, 4) is 23.0 Å². The van der Waals surface area contributed by atoms with Gasteiger partial charge in [-0.25, -0.2) is 0 Å². The number of rotatable bonds is 12. The minimum atomic E-state index is -0.0637. The molecule has 2 aromatic rings. The maximum Gasteiger partial charge on any atom is 0.126 e. The van der Waals surface area contributed by atoms with Crippen molar-refractivity contribution in [1.82, 2.24) is 0 Å². The Morgan fingerprint density at radius 3 is 1.79 bits per heavy atom. The van der Waals surface area contributed by atoms with Crippen LogP contribution in [-0.4, -0.2) is 20.9 Å². The summed E-state index contributed by atoms with van der Waals surface area (Å²) in [5, 5.41) is 27.4. The Kier molecular flexibility index (Phi) is 12.8. The number of phenols is 3. The summed E-state index contributed by atoms with van der Waals surface area (Å²) in [4.78, 5) is 0. The van der Waals surface area contributed by atoms with E-state index in [0.717, 1.165) is 53.9 Å². The quantitative estimate of drug-likeness (QED) is 0.241. The van der Waals surface area contributed by atoms with Gasteiger partial charge in [-0.15, -0.1) is 0 Å². The lowest BCUT2D eigenvalue weighted by Gasteiger charge is -2.37. The van der Waals surface area contributed by atoms with Crippen molar-refractivity contribution in [2.75, 3.05) is 0 Å². The van der Waals surface area contributed by atoms with Crippen LogP contribution < -0.4 is 4.74 Å². The van der Waals surface area contributed by atoms with Gasteiger partial charge in [-0.2, -0.15) is 0 Å². The van der Waals surface area contributed by atoms with Crippen molar-refractivity contribution in [2.24, 2.45) is 17.8 Å². The van der Waals surface area contributed by atoms with Gasteiger partial charge in [0, 0.05) is 0 Å². The molecular formula is C34H54O4. The third-order valence-electron chi connectivity index (χ3n) is 8.29. The summed E-state index contributed by atoms with van der Waals surface area (Å²) in [7, 11) is 0. The van der Waals surface area contributed by atoms with Crippen LogP contribution in [0.1, 0.15) is 116 Å². The van der Waals surface area contributed by atoms with Crippen molar-refractivity contribution < 1.29 is 20.1 Å². The lowest BCUT2D eigenvalue weighted by molar-refractivity contribution is 0.0514. The van der Waals surface area contributed by atoms with Crippen molar-refractivity contribution in [2.45, 2.75) is 125 Å². The molecule has 3 unspecified atom stereocenters. The maximum atomic E-state index is 10.1. The van der Waals surface area contributed by atoms with Crippen molar-refractivity contribution in [3.63, 3.8) is 0 Å². The number of hydrogen-bond donors (Lipinski definition) is 3. The van der Waals surface area contributed by atoms with Crippen molar-refractivity contribution in [3.05, 3.63) is 47.0 Å². The third-order valence-corrected chi connectivity index (χ3v) is 8.29. The first-order chi connectivity index (χ1) is 17.9. The molecule has 0 saturated carbocycles. The van der Waals surface area contributed by atoms with Gasteiger partial charge >= 0.3 is 0 Å². The summed E-state index contributed by atoms with van der Waals surface area (Å²) in [6.07, 6.45) is 14.1. The first-order valence-corrected chi connectivity index (χ1v) is 14.9. The molecule has 0 amide bonds. The molecular weight excluding hydrogens is 472 g/mol. The fraction of sp³-hybridized carbons (Fsp3) is 0.647. The Bertz CT molecular complexity index is 944. The third kappa shape index (κ3) is 10.8. The highest BCUT2D eigenvalue weighted by Gasteiger charge is 2.33. The molecule has 0 bridgehead atoms. The fourth-order valence-corrected chi connectivity index (χ4v) is 5.40. The van der Waals surface area contributed by atoms with Gasteiger partial charge in [-0.3, -0.25) is 0 Å². The molecule has 4 nitrogen and oxygen atoms in total. The van der Waals surface area contributed by atoms with Gasteiger partial charge in [0.2, 0.25) is 0 Å². The Balaban J connectivity index is 0.000000538. The van der Waals surface area contributed by atoms with E-state index in [0.29, 0.717) is 5.75 Å². The molecule has 3 rings (SSSR count). The van der Waals surface area contributed by atoms with Gasteiger partial charge in [0.1, 0.15) is 28.6 Å². The van der Waals surface area contributed by atoms with Gasteiger partial charge < -0.3 is 20.1 Å². The number of aryl methyl sites for hydroxylation is 1. The van der Waals surface area contributed by atoms with E-state index in [9.17, 15) is 5.11 Å². The Labute approximate surface area is 232 Å². The SMILES string of the molecule is Cc1c(O)cc2c(c1C)OC(C)(CCCC(C)CCCC(C)CCCC(C)C)CC2.Oc1ccc(O)cc1. The molecule has 1 aliphatic rings. The number of hydrogen-bond acceptors (Lipinski definition) is 4. The van der Waals surface area contributed by atoms with Crippen molar-refractivity contribution >= 4 is 0 Å². The molecule has 4 heteroatoms. The number of fused-ring (bicyclic) bond motifs is 1. The number of phenolic OH excluding ortho intramolecular Hbond substituents is 3. The van der Waals surface area contributed by atoms with Crippen LogP contribution in [0.15, 0.2) is 30.3 Å². The van der Waals surface area contributed by atoms with E-state index < -0.39 is 0 Å². The van der Waals surface area contributed by atoms with Gasteiger partial charge in [0.15, 0.2) is 0 Å². The highest BCUT2D eigenvalue weighted by atomic mass is 16.5. The predicted octanol–water partition coefficient (Wildman–Crippen LogP) is 9.63. The molecule has 0 radical (unpaired) electrons. The molecule has 38 heavy (non-hydrogen) atoms. The minimum Gasteiger partial charge on any atom is -0.508 e. The molecule has 3 atom stereocenters. The van der Waals surface area contributed by atoms with Crippen LogP contribution >= 0.6 is 0 Å². The van der Waals surface area contributed by atoms with E-state index in [2.05, 4.69) is 41.5 Å². The molecule has 214 valence electrons. The lowest BCUT2D eigenvalue weighted by atomic mass is 9.85. The zero-order chi connectivity index (χ0) is 28.3. The summed E-state index contributed by atoms with van der Waals surface area (Å²) >= 11 is 0. The van der Waals surface area contributed by atoms with Crippen LogP contribution in [0.5, 0.6) is 23.0 Å². The van der Waals surface area contributed by atoms with Gasteiger partial charge in [-0.1, -0.05) is 72.6 Å². The summed E-state index contributed by atoms with van der Waals surface area (Å²) in [5.41, 5.74) is 3.16. The van der Waals surface area contributed by atoms with Crippen LogP contribution in [-0.2, 0) is 6.42 Å². The maximum absolute atomic E-state index is 10.1. The molecule has 1 aliphatic heterocycles. The van der Waals surface area contributed by atoms with Crippen LogP contribution in [0.4, 0.5) is 0 Å². The van der Waals surface area contributed by atoms with Crippen LogP contribution in [0.2, 0.25) is 0 Å². The molecule has 3 N–H and O–H groups in total. The molecule has 0 saturated heterocycles. The predicted molar refractivity (Wildman–Crippen MR) is 159 cm³/mol. The van der Waals surface area contributed by atoms with E-state index >= 15 is 0 Å². The van der Waals surface area contributed by atoms with E-state index in [1.165, 1.54) is 81.2 Å². The smallest absolute Gasteiger partial charge is 0.126 e. The first kappa shape index (κ1) is 31.9. The lowest BCUT2D eigenvalue weighted by Crippen LogP contribution is -2.36. The zero-order valence-electron chi connectivity index (χ0n) is 25.1. The van der Waals surface area contributed by atoms with Crippen LogP contribution in [0.25, 0.3) is 0 Å². The Morgan fingerprint density at radius 1 is 0.763 bits per heavy atom. The second-order valence-electron chi connectivity index (χ2n) is 12.6. The second kappa shape index (κ2) is 15.3. The molecule has 2 aromatic carbocycles. The number of ether oxygens (including phenoxy) is 1. The monoisotopic (exact) mass is 526 g/mol. The van der Waals surface area contributed by atoms with E-state index in [1.807, 2.05) is 13.0 Å². The molecule has 1 heterocycles. The van der Waals surface area contributed by atoms with Gasteiger partial charge in [-0.05, 0) is 111 Å². The topological polar surface area (TPSA) is 69.9 Å². The summed E-state index contributed by atoms with van der Waals surface area (Å²) in [5.74, 6) is 4.32. The molecule has 0 fully saturated rings. The summed E-state index contributed by atoms with van der Waals surface area (Å²) < 4.78 is 6.52. The average Bonchev–Trinajstić information content (AvgIpc) is 2.85. The Hall–Kier alpha value is -2.36. The molecule has 0 spiro atoms. The summed E-state index contributed by atoms with van der Waals surface area (Å²) in [6, 6.07) is 7.61. The van der Waals surface area contributed by atoms with Crippen LogP contribution in [0.3, 0.4) is 0 Å². The first-order valence-electron chi connectivity index (χ1n) is 14.9. The van der Waals surface area contributed by atoms with Crippen molar-refractivity contribution in [1.29, 1.82) is 0 Å². The second-order valence-corrected chi connectivity index (χ2v) is 12.6. The number of benzene rings is 2. The zero-order valence-corrected chi connectivity index (χ0v) is 25.1. The standard InChI is InChI=1S/C28H48O2.C6H6O2/c1-20(2)11-8-12-21(3)13-9-14-22(4)15-10-17-28(7)18-16-25-19-26(29)23(5)24(6)27(25)30-28;7-5-1-2-6(8)4-3-5/h19-22,29H,8-18H2,1-7H3;1-4,7-8H. The molecule has 0 aliphatic carbocycles. The van der Waals surface area contributed by atoms with E-state index in [4.69, 9.17) is 14.9 Å². The molecule has 0 aromatic heterocycles. The highest BCUT2D eigenvalue weighted by molar-refractivity contribution is 5.53. The number of aromatic hydroxyl groups is 3. The van der Waals surface area contributed by atoms with Crippen LogP contribution in [0, 0.1) is 31.6 Å². The average molecular weight is 527 g/mol. The van der Waals surface area contributed by atoms with E-state index in [-0.39, 0.29) is 17.1 Å². The summed E-state index contributed by atoms with van der Waals surface area (Å²) in [6.45, 7) is 15.9. The fourth-order valence-electron chi connectivity index (χ4n) is 5.40.